The first-order chi connectivity index (χ1) is 14.2. The Labute approximate surface area is 175 Å². The maximum Gasteiger partial charge on any atom is 0.287 e. The van der Waals surface area contributed by atoms with Crippen LogP contribution >= 0.6 is 11.3 Å². The topological polar surface area (TPSA) is 54.7 Å². The summed E-state index contributed by atoms with van der Waals surface area (Å²) in [7, 11) is 1.63. The second-order valence-corrected chi connectivity index (χ2v) is 8.78. The number of likely N-dealkylation sites (tertiary alicyclic amines) is 1. The number of hydrogen-bond acceptors (Lipinski definition) is 5. The van der Waals surface area contributed by atoms with Crippen LogP contribution in [0.5, 0.6) is 0 Å². The van der Waals surface area contributed by atoms with Gasteiger partial charge in [-0.25, -0.2) is 0 Å². The van der Waals surface area contributed by atoms with E-state index in [0.29, 0.717) is 24.5 Å². The van der Waals surface area contributed by atoms with Crippen molar-refractivity contribution in [3.05, 3.63) is 58.0 Å². The highest BCUT2D eigenvalue weighted by Gasteiger charge is 2.27. The van der Waals surface area contributed by atoms with E-state index in [1.807, 2.05) is 24.3 Å². The molecule has 1 unspecified atom stereocenters. The average molecular weight is 413 g/mol. The predicted octanol–water partition coefficient (Wildman–Crippen LogP) is 4.84. The van der Waals surface area contributed by atoms with Crippen molar-refractivity contribution in [2.75, 3.05) is 26.7 Å². The molecule has 1 N–H and O–H groups in total. The number of furan rings is 1. The number of benzene rings is 1. The number of rotatable bonds is 7. The van der Waals surface area contributed by atoms with E-state index < -0.39 is 0 Å². The molecule has 4 rings (SSSR count). The molecule has 1 fully saturated rings. The molecular weight excluding hydrogens is 384 g/mol. The molecule has 1 atom stereocenters. The summed E-state index contributed by atoms with van der Waals surface area (Å²) in [5.74, 6) is 0.947. The molecule has 3 aromatic rings. The lowest BCUT2D eigenvalue weighted by molar-refractivity contribution is 0.0884. The zero-order valence-electron chi connectivity index (χ0n) is 17.0. The first kappa shape index (κ1) is 20.1. The van der Waals surface area contributed by atoms with Crippen molar-refractivity contribution < 1.29 is 13.9 Å². The third kappa shape index (κ3) is 4.39. The van der Waals surface area contributed by atoms with E-state index in [1.165, 1.54) is 17.7 Å². The van der Waals surface area contributed by atoms with E-state index in [2.05, 4.69) is 34.7 Å². The van der Waals surface area contributed by atoms with Crippen LogP contribution in [0.2, 0.25) is 0 Å². The van der Waals surface area contributed by atoms with Crippen LogP contribution in [0.4, 0.5) is 0 Å². The zero-order chi connectivity index (χ0) is 20.2. The number of ether oxygens (including phenoxy) is 1. The lowest BCUT2D eigenvalue weighted by Gasteiger charge is -2.36. The Kier molecular flexibility index (Phi) is 6.33. The van der Waals surface area contributed by atoms with Crippen LogP contribution in [0.15, 0.2) is 46.2 Å². The molecule has 1 saturated heterocycles. The summed E-state index contributed by atoms with van der Waals surface area (Å²) in [4.78, 5) is 16.8. The molecule has 154 valence electrons. The number of amides is 1. The molecular formula is C23H28N2O3S. The molecule has 1 aromatic carbocycles. The van der Waals surface area contributed by atoms with Gasteiger partial charge in [0.2, 0.25) is 0 Å². The van der Waals surface area contributed by atoms with E-state index in [-0.39, 0.29) is 11.9 Å². The van der Waals surface area contributed by atoms with Gasteiger partial charge in [0.1, 0.15) is 5.58 Å². The van der Waals surface area contributed by atoms with E-state index in [1.54, 1.807) is 18.4 Å². The number of nitrogens with zero attached hydrogens (tertiary/aromatic N) is 1. The number of thiophene rings is 1. The number of nitrogens with one attached hydrogen (secondary N) is 1. The van der Waals surface area contributed by atoms with Crippen molar-refractivity contribution in [2.45, 2.75) is 32.4 Å². The molecule has 0 spiro atoms. The van der Waals surface area contributed by atoms with Gasteiger partial charge in [0.25, 0.3) is 5.91 Å². The van der Waals surface area contributed by atoms with E-state index in [4.69, 9.17) is 9.15 Å². The van der Waals surface area contributed by atoms with Crippen LogP contribution in [-0.4, -0.2) is 37.6 Å². The summed E-state index contributed by atoms with van der Waals surface area (Å²) in [6, 6.07) is 12.1. The van der Waals surface area contributed by atoms with Gasteiger partial charge in [0, 0.05) is 29.5 Å². The normalized spacial score (nSPS) is 16.9. The SMILES string of the molecule is COCc1c(C(=O)NCC(c2cccs2)N2CCC(C)CC2)oc2ccccc12. The Bertz CT molecular complexity index is 942. The quantitative estimate of drug-likeness (QED) is 0.603. The van der Waals surface area contributed by atoms with Crippen LogP contribution in [0.3, 0.4) is 0 Å². The Hall–Kier alpha value is -2.15. The molecule has 1 amide bonds. The largest absolute Gasteiger partial charge is 0.451 e. The van der Waals surface area contributed by atoms with Crippen LogP contribution in [0, 0.1) is 5.92 Å². The molecule has 0 bridgehead atoms. The van der Waals surface area contributed by atoms with Gasteiger partial charge in [-0.3, -0.25) is 9.69 Å². The highest BCUT2D eigenvalue weighted by molar-refractivity contribution is 7.10. The van der Waals surface area contributed by atoms with Crippen molar-refractivity contribution in [1.29, 1.82) is 0 Å². The van der Waals surface area contributed by atoms with Crippen molar-refractivity contribution in [3.8, 4) is 0 Å². The maximum absolute atomic E-state index is 13.0. The first-order valence-corrected chi connectivity index (χ1v) is 11.1. The smallest absolute Gasteiger partial charge is 0.287 e. The Morgan fingerprint density at radius 1 is 1.28 bits per heavy atom. The highest BCUT2D eigenvalue weighted by Crippen LogP contribution is 2.30. The molecule has 5 nitrogen and oxygen atoms in total. The van der Waals surface area contributed by atoms with Gasteiger partial charge in [-0.05, 0) is 49.4 Å². The molecule has 6 heteroatoms. The van der Waals surface area contributed by atoms with Crippen molar-refractivity contribution >= 4 is 28.2 Å². The third-order valence-electron chi connectivity index (χ3n) is 5.78. The lowest BCUT2D eigenvalue weighted by Crippen LogP contribution is -2.41. The minimum absolute atomic E-state index is 0.180. The summed E-state index contributed by atoms with van der Waals surface area (Å²) in [5.41, 5.74) is 1.52. The van der Waals surface area contributed by atoms with Crippen molar-refractivity contribution in [3.63, 3.8) is 0 Å². The molecule has 0 radical (unpaired) electrons. The number of carbonyl (C=O) groups is 1. The van der Waals surface area contributed by atoms with E-state index in [9.17, 15) is 4.79 Å². The summed E-state index contributed by atoms with van der Waals surface area (Å²) in [6.07, 6.45) is 2.41. The number of piperidine rings is 1. The molecule has 3 heterocycles. The number of fused-ring (bicyclic) bond motifs is 1. The highest BCUT2D eigenvalue weighted by atomic mass is 32.1. The molecule has 0 saturated carbocycles. The minimum Gasteiger partial charge on any atom is -0.451 e. The predicted molar refractivity (Wildman–Crippen MR) is 116 cm³/mol. The molecule has 29 heavy (non-hydrogen) atoms. The Morgan fingerprint density at radius 2 is 2.07 bits per heavy atom. The van der Waals surface area contributed by atoms with Crippen LogP contribution in [-0.2, 0) is 11.3 Å². The molecule has 2 aromatic heterocycles. The Morgan fingerprint density at radius 3 is 2.79 bits per heavy atom. The fraction of sp³-hybridized carbons (Fsp3) is 0.435. The number of hydrogen-bond donors (Lipinski definition) is 1. The third-order valence-corrected chi connectivity index (χ3v) is 6.75. The first-order valence-electron chi connectivity index (χ1n) is 10.2. The van der Waals surface area contributed by atoms with Gasteiger partial charge in [0.15, 0.2) is 5.76 Å². The molecule has 1 aliphatic heterocycles. The van der Waals surface area contributed by atoms with Crippen molar-refractivity contribution in [2.24, 2.45) is 5.92 Å². The van der Waals surface area contributed by atoms with Gasteiger partial charge in [-0.1, -0.05) is 31.2 Å². The second-order valence-electron chi connectivity index (χ2n) is 7.80. The van der Waals surface area contributed by atoms with Crippen LogP contribution in [0.25, 0.3) is 11.0 Å². The summed E-state index contributed by atoms with van der Waals surface area (Å²) < 4.78 is 11.2. The van der Waals surface area contributed by atoms with Crippen molar-refractivity contribution in [1.82, 2.24) is 10.2 Å². The maximum atomic E-state index is 13.0. The lowest BCUT2D eigenvalue weighted by atomic mass is 9.97. The van der Waals surface area contributed by atoms with Crippen LogP contribution in [0.1, 0.15) is 46.8 Å². The zero-order valence-corrected chi connectivity index (χ0v) is 17.8. The molecule has 0 aliphatic carbocycles. The number of methoxy groups -OCH3 is 1. The fourth-order valence-electron chi connectivity index (χ4n) is 4.07. The van der Waals surface area contributed by atoms with Gasteiger partial charge in [-0.2, -0.15) is 0 Å². The monoisotopic (exact) mass is 412 g/mol. The number of carbonyl (C=O) groups excluding carboxylic acids is 1. The summed E-state index contributed by atoms with van der Waals surface area (Å²) >= 11 is 1.75. The second kappa shape index (κ2) is 9.11. The average Bonchev–Trinajstić information content (AvgIpc) is 3.38. The van der Waals surface area contributed by atoms with Gasteiger partial charge < -0.3 is 14.5 Å². The van der Waals surface area contributed by atoms with E-state index in [0.717, 1.165) is 30.0 Å². The van der Waals surface area contributed by atoms with E-state index >= 15 is 0 Å². The minimum atomic E-state index is -0.180. The summed E-state index contributed by atoms with van der Waals surface area (Å²) in [5, 5.41) is 6.17. The fourth-order valence-corrected chi connectivity index (χ4v) is 4.93. The molecule has 1 aliphatic rings. The standard InChI is InChI=1S/C23H28N2O3S/c1-16-9-11-25(12-10-16)19(21-8-5-13-29-21)14-24-23(26)22-18(15-27-2)17-6-3-4-7-20(17)28-22/h3-8,13,16,19H,9-12,14-15H2,1-2H3,(H,24,26). The Balaban J connectivity index is 1.52. The van der Waals surface area contributed by atoms with Gasteiger partial charge in [-0.15, -0.1) is 11.3 Å². The van der Waals surface area contributed by atoms with Gasteiger partial charge >= 0.3 is 0 Å². The van der Waals surface area contributed by atoms with Gasteiger partial charge in [0.05, 0.1) is 12.6 Å². The number of para-hydroxylation sites is 1. The summed E-state index contributed by atoms with van der Waals surface area (Å²) in [6.45, 7) is 5.37. The van der Waals surface area contributed by atoms with Crippen LogP contribution < -0.4 is 5.32 Å².